The molecule has 1 N–H and O–H groups in total. The fraction of sp³-hybridized carbons (Fsp3) is 0.263. The Labute approximate surface area is 135 Å². The maximum absolute atomic E-state index is 12.0. The number of amides is 1. The van der Waals surface area contributed by atoms with Crippen molar-refractivity contribution in [2.24, 2.45) is 0 Å². The third-order valence-electron chi connectivity index (χ3n) is 4.10. The molecule has 0 bridgehead atoms. The van der Waals surface area contributed by atoms with Gasteiger partial charge >= 0.3 is 5.97 Å². The Kier molecular flexibility index (Phi) is 4.71. The normalized spacial score (nSPS) is 20.1. The molecule has 1 aliphatic rings. The van der Waals surface area contributed by atoms with Gasteiger partial charge in [0.25, 0.3) is 0 Å². The summed E-state index contributed by atoms with van der Waals surface area (Å²) in [5.41, 5.74) is 1.13. The van der Waals surface area contributed by atoms with Crippen LogP contribution in [0.5, 0.6) is 5.75 Å². The van der Waals surface area contributed by atoms with Crippen molar-refractivity contribution in [3.05, 3.63) is 66.2 Å². The van der Waals surface area contributed by atoms with Gasteiger partial charge in [0.15, 0.2) is 0 Å². The van der Waals surface area contributed by atoms with Gasteiger partial charge < -0.3 is 10.1 Å². The van der Waals surface area contributed by atoms with Crippen molar-refractivity contribution in [3.8, 4) is 5.75 Å². The van der Waals surface area contributed by atoms with Gasteiger partial charge in [-0.15, -0.1) is 0 Å². The largest absolute Gasteiger partial charge is 0.427 e. The van der Waals surface area contributed by atoms with E-state index in [1.165, 1.54) is 0 Å². The number of hydrogen-bond acceptors (Lipinski definition) is 3. The molecule has 1 saturated heterocycles. The minimum absolute atomic E-state index is 0.0202. The van der Waals surface area contributed by atoms with Gasteiger partial charge in [0.1, 0.15) is 5.75 Å². The van der Waals surface area contributed by atoms with Crippen LogP contribution in [0.15, 0.2) is 60.7 Å². The first-order chi connectivity index (χ1) is 11.2. The highest BCUT2D eigenvalue weighted by Gasteiger charge is 2.33. The van der Waals surface area contributed by atoms with E-state index in [1.54, 1.807) is 12.1 Å². The lowest BCUT2D eigenvalue weighted by molar-refractivity contribution is -0.134. The third-order valence-corrected chi connectivity index (χ3v) is 4.10. The van der Waals surface area contributed by atoms with Gasteiger partial charge in [0, 0.05) is 24.8 Å². The number of carbonyl (C=O) groups is 2. The Morgan fingerprint density at radius 3 is 2.39 bits per heavy atom. The van der Waals surface area contributed by atoms with Crippen molar-refractivity contribution < 1.29 is 14.3 Å². The molecule has 2 unspecified atom stereocenters. The molecule has 4 nitrogen and oxygen atoms in total. The van der Waals surface area contributed by atoms with E-state index in [4.69, 9.17) is 4.74 Å². The average Bonchev–Trinajstić information content (AvgIpc) is 2.96. The van der Waals surface area contributed by atoms with Gasteiger partial charge in [-0.05, 0) is 24.1 Å². The summed E-state index contributed by atoms with van der Waals surface area (Å²) in [6.45, 7) is 0. The monoisotopic (exact) mass is 309 g/mol. The molecule has 0 aliphatic carbocycles. The van der Waals surface area contributed by atoms with E-state index in [2.05, 4.69) is 5.32 Å². The zero-order valence-electron chi connectivity index (χ0n) is 12.8. The molecule has 2 aromatic rings. The van der Waals surface area contributed by atoms with Crippen LogP contribution in [0.4, 0.5) is 0 Å². The first-order valence-corrected chi connectivity index (χ1v) is 7.82. The number of esters is 1. The predicted molar refractivity (Wildman–Crippen MR) is 87.0 cm³/mol. The quantitative estimate of drug-likeness (QED) is 0.682. The van der Waals surface area contributed by atoms with Crippen molar-refractivity contribution in [3.63, 3.8) is 0 Å². The van der Waals surface area contributed by atoms with E-state index in [-0.39, 0.29) is 30.3 Å². The third kappa shape index (κ3) is 3.97. The van der Waals surface area contributed by atoms with Crippen LogP contribution in [0.25, 0.3) is 0 Å². The molecule has 2 atom stereocenters. The Morgan fingerprint density at radius 2 is 1.70 bits per heavy atom. The van der Waals surface area contributed by atoms with E-state index < -0.39 is 0 Å². The fourth-order valence-electron chi connectivity index (χ4n) is 2.98. The topological polar surface area (TPSA) is 55.4 Å². The lowest BCUT2D eigenvalue weighted by Gasteiger charge is -2.18. The van der Waals surface area contributed by atoms with Crippen LogP contribution in [0.3, 0.4) is 0 Å². The second kappa shape index (κ2) is 7.09. The predicted octanol–water partition coefficient (Wildman–Crippen LogP) is 3.04. The lowest BCUT2D eigenvalue weighted by Crippen LogP contribution is -2.29. The second-order valence-corrected chi connectivity index (χ2v) is 5.72. The number of ether oxygens (including phenoxy) is 1. The van der Waals surface area contributed by atoms with Gasteiger partial charge in [-0.2, -0.15) is 0 Å². The zero-order valence-corrected chi connectivity index (χ0v) is 12.8. The summed E-state index contributed by atoms with van der Waals surface area (Å²) in [6, 6.07) is 19.0. The average molecular weight is 309 g/mol. The lowest BCUT2D eigenvalue weighted by atomic mass is 9.89. The number of hydrogen-bond donors (Lipinski definition) is 1. The molecule has 2 aromatic carbocycles. The maximum atomic E-state index is 12.0. The van der Waals surface area contributed by atoms with E-state index in [0.717, 1.165) is 5.56 Å². The molecule has 0 aromatic heterocycles. The van der Waals surface area contributed by atoms with Crippen LogP contribution in [-0.2, 0) is 9.59 Å². The summed E-state index contributed by atoms with van der Waals surface area (Å²) < 4.78 is 5.29. The minimum atomic E-state index is -0.274. The molecule has 1 aliphatic heterocycles. The van der Waals surface area contributed by atoms with Crippen LogP contribution in [0.1, 0.15) is 30.7 Å². The zero-order chi connectivity index (χ0) is 16.1. The van der Waals surface area contributed by atoms with Crippen LogP contribution < -0.4 is 10.1 Å². The maximum Gasteiger partial charge on any atom is 0.311 e. The highest BCUT2D eigenvalue weighted by molar-refractivity contribution is 5.80. The molecule has 23 heavy (non-hydrogen) atoms. The molecule has 1 amide bonds. The summed E-state index contributed by atoms with van der Waals surface area (Å²) >= 11 is 0. The summed E-state index contributed by atoms with van der Waals surface area (Å²) in [4.78, 5) is 23.7. The number of nitrogens with one attached hydrogen (secondary N) is 1. The van der Waals surface area contributed by atoms with Crippen LogP contribution in [-0.4, -0.2) is 17.9 Å². The molecule has 0 spiro atoms. The first-order valence-electron chi connectivity index (χ1n) is 7.82. The van der Waals surface area contributed by atoms with Gasteiger partial charge in [-0.1, -0.05) is 48.5 Å². The molecule has 1 heterocycles. The molecular weight excluding hydrogens is 290 g/mol. The molecule has 0 saturated carbocycles. The number of carbonyl (C=O) groups excluding carboxylic acids is 2. The number of rotatable bonds is 5. The molecular formula is C19H19NO3. The second-order valence-electron chi connectivity index (χ2n) is 5.72. The van der Waals surface area contributed by atoms with Crippen LogP contribution in [0, 0.1) is 0 Å². The highest BCUT2D eigenvalue weighted by atomic mass is 16.5. The van der Waals surface area contributed by atoms with Crippen molar-refractivity contribution in [2.45, 2.75) is 31.2 Å². The fourth-order valence-corrected chi connectivity index (χ4v) is 2.98. The summed E-state index contributed by atoms with van der Waals surface area (Å²) in [6.07, 6.45) is 1.34. The van der Waals surface area contributed by atoms with E-state index in [0.29, 0.717) is 18.6 Å². The first kappa shape index (κ1) is 15.3. The van der Waals surface area contributed by atoms with Crippen LogP contribution >= 0.6 is 0 Å². The minimum Gasteiger partial charge on any atom is -0.427 e. The Bertz CT molecular complexity index is 670. The van der Waals surface area contributed by atoms with Crippen molar-refractivity contribution >= 4 is 11.9 Å². The number of para-hydroxylation sites is 1. The van der Waals surface area contributed by atoms with Crippen molar-refractivity contribution in [1.82, 2.24) is 5.32 Å². The van der Waals surface area contributed by atoms with E-state index in [9.17, 15) is 9.59 Å². The Hall–Kier alpha value is -2.62. The van der Waals surface area contributed by atoms with Gasteiger partial charge in [-0.25, -0.2) is 0 Å². The molecule has 0 radical (unpaired) electrons. The van der Waals surface area contributed by atoms with Crippen molar-refractivity contribution in [1.29, 1.82) is 0 Å². The van der Waals surface area contributed by atoms with Crippen LogP contribution in [0.2, 0.25) is 0 Å². The molecule has 118 valence electrons. The van der Waals surface area contributed by atoms with Gasteiger partial charge in [-0.3, -0.25) is 9.59 Å². The molecule has 3 rings (SSSR count). The summed E-state index contributed by atoms with van der Waals surface area (Å²) in [5, 5.41) is 2.97. The summed E-state index contributed by atoms with van der Waals surface area (Å²) in [5.74, 6) is 0.435. The Balaban J connectivity index is 1.58. The number of benzene rings is 2. The van der Waals surface area contributed by atoms with Crippen molar-refractivity contribution in [2.75, 3.05) is 0 Å². The highest BCUT2D eigenvalue weighted by Crippen LogP contribution is 2.30. The molecule has 4 heteroatoms. The summed E-state index contributed by atoms with van der Waals surface area (Å²) in [7, 11) is 0. The SMILES string of the molecule is O=C1CC(c2ccccc2)C(CCC(=O)Oc2ccccc2)N1. The standard InChI is InChI=1S/C19H19NO3/c21-18-13-16(14-7-3-1-4-8-14)17(20-18)11-12-19(22)23-15-9-5-2-6-10-15/h1-10,16-17H,11-13H2,(H,20,21). The van der Waals surface area contributed by atoms with E-state index in [1.807, 2.05) is 48.5 Å². The van der Waals surface area contributed by atoms with Gasteiger partial charge in [0.05, 0.1) is 0 Å². The smallest absolute Gasteiger partial charge is 0.311 e. The Morgan fingerprint density at radius 1 is 1.04 bits per heavy atom. The van der Waals surface area contributed by atoms with E-state index >= 15 is 0 Å². The van der Waals surface area contributed by atoms with Gasteiger partial charge in [0.2, 0.25) is 5.91 Å². The molecule has 1 fully saturated rings.